The minimum Gasteiger partial charge on any atom is -0.618 e. The molecule has 0 fully saturated rings. The maximum atomic E-state index is 12.3. The minimum atomic E-state index is -0.128. The Morgan fingerprint density at radius 1 is 1.32 bits per heavy atom. The molecule has 0 spiro atoms. The van der Waals surface area contributed by atoms with E-state index >= 15 is 0 Å². The van der Waals surface area contributed by atoms with Gasteiger partial charge in [0.2, 0.25) is 5.69 Å². The van der Waals surface area contributed by atoms with Crippen molar-refractivity contribution in [3.8, 4) is 5.75 Å². The second-order valence-electron chi connectivity index (χ2n) is 4.32. The van der Waals surface area contributed by atoms with Gasteiger partial charge in [-0.1, -0.05) is 11.6 Å². The van der Waals surface area contributed by atoms with Crippen molar-refractivity contribution in [3.05, 3.63) is 64.6 Å². The van der Waals surface area contributed by atoms with Gasteiger partial charge in [0, 0.05) is 12.1 Å². The lowest BCUT2D eigenvalue weighted by atomic mass is 10.0. The Balaban J connectivity index is 2.30. The molecular formula is C15H15NO3. The average molecular weight is 257 g/mol. The number of ether oxygens (including phenoxy) is 1. The fourth-order valence-corrected chi connectivity index (χ4v) is 1.90. The molecule has 0 aliphatic heterocycles. The first-order valence-electron chi connectivity index (χ1n) is 5.96. The molecule has 98 valence electrons. The van der Waals surface area contributed by atoms with E-state index < -0.39 is 0 Å². The van der Waals surface area contributed by atoms with Crippen LogP contribution in [-0.4, -0.2) is 12.9 Å². The normalized spacial score (nSPS) is 10.2. The van der Waals surface area contributed by atoms with Gasteiger partial charge in [0.15, 0.2) is 12.0 Å². The topological polar surface area (TPSA) is 53.2 Å². The molecule has 19 heavy (non-hydrogen) atoms. The molecular weight excluding hydrogens is 242 g/mol. The van der Waals surface area contributed by atoms with Gasteiger partial charge in [-0.3, -0.25) is 4.79 Å². The molecule has 1 heterocycles. The second-order valence-corrected chi connectivity index (χ2v) is 4.32. The molecule has 2 aromatic rings. The van der Waals surface area contributed by atoms with E-state index in [-0.39, 0.29) is 12.2 Å². The molecule has 0 amide bonds. The van der Waals surface area contributed by atoms with Crippen LogP contribution in [0, 0.1) is 12.1 Å². The summed E-state index contributed by atoms with van der Waals surface area (Å²) < 4.78 is 5.89. The lowest BCUT2D eigenvalue weighted by Gasteiger charge is -2.08. The lowest BCUT2D eigenvalue weighted by Crippen LogP contribution is -2.32. The lowest BCUT2D eigenvalue weighted by molar-refractivity contribution is -0.613. The van der Waals surface area contributed by atoms with Gasteiger partial charge in [-0.05, 0) is 25.1 Å². The molecule has 0 aliphatic carbocycles. The molecule has 0 saturated carbocycles. The summed E-state index contributed by atoms with van der Waals surface area (Å²) in [5.41, 5.74) is 1.91. The van der Waals surface area contributed by atoms with Crippen LogP contribution in [0.15, 0.2) is 42.6 Å². The Hall–Kier alpha value is -2.36. The summed E-state index contributed by atoms with van der Waals surface area (Å²) in [6.07, 6.45) is 1.44. The highest BCUT2D eigenvalue weighted by Gasteiger charge is 2.16. The second kappa shape index (κ2) is 5.52. The first kappa shape index (κ1) is 13.1. The number of Topliss-reactive ketones (excluding diaryl/α,β-unsaturated/α-hetero) is 1. The van der Waals surface area contributed by atoms with Crippen LogP contribution in [0.2, 0.25) is 0 Å². The summed E-state index contributed by atoms with van der Waals surface area (Å²) >= 11 is 0. The van der Waals surface area contributed by atoms with Crippen LogP contribution >= 0.6 is 0 Å². The number of hydrogen-bond donors (Lipinski definition) is 0. The number of carbonyl (C=O) groups is 1. The van der Waals surface area contributed by atoms with E-state index in [1.165, 1.54) is 13.3 Å². The van der Waals surface area contributed by atoms with Gasteiger partial charge < -0.3 is 9.94 Å². The third-order valence-corrected chi connectivity index (χ3v) is 2.90. The third kappa shape index (κ3) is 2.91. The minimum absolute atomic E-state index is 0.0597. The Kier molecular flexibility index (Phi) is 3.80. The Morgan fingerprint density at radius 2 is 2.11 bits per heavy atom. The Morgan fingerprint density at radius 3 is 2.79 bits per heavy atom. The summed E-state index contributed by atoms with van der Waals surface area (Å²) in [5, 5.41) is 11.5. The summed E-state index contributed by atoms with van der Waals surface area (Å²) in [5.74, 6) is 0.403. The third-order valence-electron chi connectivity index (χ3n) is 2.90. The largest absolute Gasteiger partial charge is 0.618 e. The number of benzene rings is 1. The van der Waals surface area contributed by atoms with Crippen molar-refractivity contribution in [1.29, 1.82) is 0 Å². The molecule has 4 heteroatoms. The molecule has 4 nitrogen and oxygen atoms in total. The standard InChI is InChI=1S/C15H15NO3/c1-11-6-7-15(19-2)13(9-11)14(17)10-12-5-3-4-8-16(12)18/h3-9H,10H2,1-2H3. The maximum Gasteiger partial charge on any atom is 0.200 e. The molecule has 2 rings (SSSR count). The predicted molar refractivity (Wildman–Crippen MR) is 71.2 cm³/mol. The van der Waals surface area contributed by atoms with Gasteiger partial charge in [0.05, 0.1) is 19.1 Å². The molecule has 1 aromatic carbocycles. The van der Waals surface area contributed by atoms with Crippen LogP contribution in [0.25, 0.3) is 0 Å². The Bertz CT molecular complexity index is 608. The fourth-order valence-electron chi connectivity index (χ4n) is 1.90. The first-order valence-corrected chi connectivity index (χ1v) is 5.96. The number of nitrogens with zero attached hydrogens (tertiary/aromatic N) is 1. The van der Waals surface area contributed by atoms with E-state index in [0.717, 1.165) is 5.56 Å². The van der Waals surface area contributed by atoms with Crippen LogP contribution in [0.3, 0.4) is 0 Å². The quantitative estimate of drug-likeness (QED) is 0.478. The van der Waals surface area contributed by atoms with Crippen LogP contribution in [-0.2, 0) is 6.42 Å². The van der Waals surface area contributed by atoms with Crippen LogP contribution in [0.4, 0.5) is 0 Å². The van der Waals surface area contributed by atoms with E-state index in [1.54, 1.807) is 30.3 Å². The molecule has 0 saturated heterocycles. The Labute approximate surface area is 111 Å². The molecule has 0 bridgehead atoms. The van der Waals surface area contributed by atoms with E-state index in [4.69, 9.17) is 4.74 Å². The van der Waals surface area contributed by atoms with Crippen LogP contribution in [0.1, 0.15) is 21.6 Å². The first-order chi connectivity index (χ1) is 9.11. The van der Waals surface area contributed by atoms with Crippen molar-refractivity contribution in [3.63, 3.8) is 0 Å². The number of ketones is 1. The molecule has 0 radical (unpaired) electrons. The van der Waals surface area contributed by atoms with Crippen molar-refractivity contribution in [1.82, 2.24) is 0 Å². The zero-order chi connectivity index (χ0) is 13.8. The maximum absolute atomic E-state index is 12.3. The number of methoxy groups -OCH3 is 1. The monoisotopic (exact) mass is 257 g/mol. The molecule has 0 atom stereocenters. The molecule has 0 aliphatic rings. The zero-order valence-corrected chi connectivity index (χ0v) is 10.9. The smallest absolute Gasteiger partial charge is 0.200 e. The van der Waals surface area contributed by atoms with Gasteiger partial charge in [-0.25, -0.2) is 0 Å². The number of hydrogen-bond acceptors (Lipinski definition) is 3. The van der Waals surface area contributed by atoms with E-state index in [0.29, 0.717) is 21.7 Å². The summed E-state index contributed by atoms with van der Waals surface area (Å²) in [6, 6.07) is 10.4. The molecule has 1 aromatic heterocycles. The molecule has 0 N–H and O–H groups in total. The van der Waals surface area contributed by atoms with Gasteiger partial charge in [-0.15, -0.1) is 0 Å². The number of pyridine rings is 1. The van der Waals surface area contributed by atoms with Crippen molar-refractivity contribution >= 4 is 5.78 Å². The SMILES string of the molecule is COc1ccc(C)cc1C(=O)Cc1cccc[n+]1[O-]. The number of rotatable bonds is 4. The highest BCUT2D eigenvalue weighted by Crippen LogP contribution is 2.21. The highest BCUT2D eigenvalue weighted by molar-refractivity contribution is 5.99. The van der Waals surface area contributed by atoms with Crippen molar-refractivity contribution in [2.24, 2.45) is 0 Å². The van der Waals surface area contributed by atoms with Crippen LogP contribution < -0.4 is 9.47 Å². The van der Waals surface area contributed by atoms with E-state index in [1.807, 2.05) is 13.0 Å². The fraction of sp³-hybridized carbons (Fsp3) is 0.200. The molecule has 0 unspecified atom stereocenters. The van der Waals surface area contributed by atoms with Gasteiger partial charge in [0.1, 0.15) is 5.75 Å². The summed E-state index contributed by atoms with van der Waals surface area (Å²) in [4.78, 5) is 12.3. The van der Waals surface area contributed by atoms with Gasteiger partial charge in [0.25, 0.3) is 0 Å². The average Bonchev–Trinajstić information content (AvgIpc) is 2.41. The van der Waals surface area contributed by atoms with Crippen molar-refractivity contribution in [2.45, 2.75) is 13.3 Å². The van der Waals surface area contributed by atoms with E-state index in [9.17, 15) is 10.0 Å². The van der Waals surface area contributed by atoms with Gasteiger partial charge >= 0.3 is 0 Å². The highest BCUT2D eigenvalue weighted by atomic mass is 16.5. The summed E-state index contributed by atoms with van der Waals surface area (Å²) in [6.45, 7) is 1.91. The number of aromatic nitrogens is 1. The van der Waals surface area contributed by atoms with Crippen molar-refractivity contribution < 1.29 is 14.3 Å². The van der Waals surface area contributed by atoms with E-state index in [2.05, 4.69) is 0 Å². The summed E-state index contributed by atoms with van der Waals surface area (Å²) in [7, 11) is 1.53. The van der Waals surface area contributed by atoms with Crippen molar-refractivity contribution in [2.75, 3.05) is 7.11 Å². The van der Waals surface area contributed by atoms with Gasteiger partial charge in [-0.2, -0.15) is 4.73 Å². The predicted octanol–water partition coefficient (Wildman–Crippen LogP) is 2.06. The number of aryl methyl sites for hydroxylation is 1. The zero-order valence-electron chi connectivity index (χ0n) is 10.9. The van der Waals surface area contributed by atoms with Crippen LogP contribution in [0.5, 0.6) is 5.75 Å². The number of carbonyl (C=O) groups excluding carboxylic acids is 1.